The Hall–Kier alpha value is -2.22. The van der Waals surface area contributed by atoms with Crippen molar-refractivity contribution in [2.75, 3.05) is 13.7 Å². The number of hydroxylamine groups is 2. The van der Waals surface area contributed by atoms with Crippen LogP contribution in [0.25, 0.3) is 0 Å². The van der Waals surface area contributed by atoms with Crippen molar-refractivity contribution in [2.45, 2.75) is 11.0 Å². The largest absolute Gasteiger partial charge is 0.412 e. The average Bonchev–Trinajstić information content (AvgIpc) is 2.93. The zero-order chi connectivity index (χ0) is 17.8. The average molecular weight is 423 g/mol. The van der Waals surface area contributed by atoms with Crippen molar-refractivity contribution in [1.82, 2.24) is 9.96 Å². The molecule has 2 aromatic carbocycles. The van der Waals surface area contributed by atoms with Crippen LogP contribution in [0.5, 0.6) is 5.75 Å². The van der Waals surface area contributed by atoms with Crippen LogP contribution in [-0.4, -0.2) is 67.7 Å². The molecule has 1 fully saturated rings. The van der Waals surface area contributed by atoms with E-state index in [0.717, 1.165) is 25.7 Å². The molecule has 7 nitrogen and oxygen atoms in total. The van der Waals surface area contributed by atoms with Gasteiger partial charge in [0.15, 0.2) is 0 Å². The quantitative estimate of drug-likeness (QED) is 0.519. The van der Waals surface area contributed by atoms with Gasteiger partial charge in [-0.3, -0.25) is 0 Å². The van der Waals surface area contributed by atoms with Crippen LogP contribution in [0.15, 0.2) is 54.6 Å². The summed E-state index contributed by atoms with van der Waals surface area (Å²) in [6, 6.07) is 17.4. The van der Waals surface area contributed by atoms with Gasteiger partial charge in [0, 0.05) is 0 Å². The van der Waals surface area contributed by atoms with Crippen LogP contribution in [0.3, 0.4) is 0 Å². The number of nitrogens with zero attached hydrogens (tertiary/aromatic N) is 2. The normalized spacial score (nSPS) is 18.3. The number of ether oxygens (including phenoxy) is 1. The number of benzene rings is 2. The zero-order valence-corrected chi connectivity index (χ0v) is 15.8. The van der Waals surface area contributed by atoms with E-state index in [9.17, 15) is 14.8 Å². The van der Waals surface area contributed by atoms with E-state index < -0.39 is 12.1 Å². The predicted molar refractivity (Wildman–Crippen MR) is 96.4 cm³/mol. The molecule has 0 saturated carbocycles. The van der Waals surface area contributed by atoms with Gasteiger partial charge in [-0.1, -0.05) is 0 Å². The molecule has 0 bridgehead atoms. The number of carbonyl (C=O) groups excluding carboxylic acids is 2. The summed E-state index contributed by atoms with van der Waals surface area (Å²) < 4.78 is 6.32. The van der Waals surface area contributed by atoms with E-state index >= 15 is 0 Å². The van der Waals surface area contributed by atoms with E-state index in [0.29, 0.717) is 6.41 Å². The van der Waals surface area contributed by atoms with Crippen molar-refractivity contribution >= 4 is 31.7 Å². The minimum atomic E-state index is -0.710. The van der Waals surface area contributed by atoms with E-state index in [1.165, 1.54) is 0 Å². The topological polar surface area (TPSA) is 102 Å². The number of rotatable bonds is 6. The molecule has 0 spiro atoms. The number of amides is 2. The van der Waals surface area contributed by atoms with Crippen molar-refractivity contribution in [3.05, 3.63) is 60.2 Å². The second-order valence-electron chi connectivity index (χ2n) is 5.54. The van der Waals surface area contributed by atoms with Crippen molar-refractivity contribution in [1.29, 1.82) is 0 Å². The Balaban J connectivity index is 0.00000243. The van der Waals surface area contributed by atoms with Crippen molar-refractivity contribution in [3.8, 4) is 5.75 Å². The van der Waals surface area contributed by atoms with Gasteiger partial charge in [-0.2, -0.15) is 0 Å². The van der Waals surface area contributed by atoms with Gasteiger partial charge in [0.2, 0.25) is 0 Å². The summed E-state index contributed by atoms with van der Waals surface area (Å²) in [6.45, 7) is -0.180. The Morgan fingerprint density at radius 2 is 1.85 bits per heavy atom. The summed E-state index contributed by atoms with van der Waals surface area (Å²) in [4.78, 5) is 24.3. The first-order valence-electron chi connectivity index (χ1n) is 7.71. The third-order valence-corrected chi connectivity index (χ3v) is 6.77. The molecule has 0 radical (unpaired) electrons. The smallest absolute Gasteiger partial charge is 0.412 e. The minimum absolute atomic E-state index is 0. The SMILES string of the molecule is COc1ccc(C([Se]c2ccccc2)C2N(O)CC(=O)N2C=O)cc1.O. The van der Waals surface area contributed by atoms with Crippen LogP contribution in [-0.2, 0) is 9.59 Å². The van der Waals surface area contributed by atoms with E-state index in [-0.39, 0.29) is 31.8 Å². The molecule has 2 unspecified atom stereocenters. The van der Waals surface area contributed by atoms with Gasteiger partial charge in [-0.15, -0.1) is 0 Å². The number of hydrogen-bond acceptors (Lipinski definition) is 5. The summed E-state index contributed by atoms with van der Waals surface area (Å²) >= 11 is -0.104. The second kappa shape index (κ2) is 8.93. The zero-order valence-electron chi connectivity index (χ0n) is 14.1. The number of methoxy groups -OCH3 is 1. The standard InChI is InChI=1S/C18H18N2O4Se.H2O/c1-24-14-9-7-13(8-10-14)17(25-15-5-3-2-4-6-15)18-19(12-21)16(22)11-20(18)23;/h2-10,12,17-18,23H,11H2,1H3;1H2. The molecule has 1 aliphatic heterocycles. The fourth-order valence-electron chi connectivity index (χ4n) is 2.77. The first kappa shape index (κ1) is 20.1. The van der Waals surface area contributed by atoms with Gasteiger partial charge in [0.25, 0.3) is 0 Å². The molecule has 0 aliphatic carbocycles. The Labute approximate surface area is 157 Å². The van der Waals surface area contributed by atoms with Gasteiger partial charge in [0.05, 0.1) is 0 Å². The van der Waals surface area contributed by atoms with E-state index in [1.807, 2.05) is 54.6 Å². The summed E-state index contributed by atoms with van der Waals surface area (Å²) in [7, 11) is 1.60. The first-order chi connectivity index (χ1) is 12.1. The molecule has 3 rings (SSSR count). The fourth-order valence-corrected chi connectivity index (χ4v) is 5.48. The van der Waals surface area contributed by atoms with Crippen molar-refractivity contribution in [3.63, 3.8) is 0 Å². The van der Waals surface area contributed by atoms with Crippen LogP contribution >= 0.6 is 0 Å². The van der Waals surface area contributed by atoms with E-state index in [1.54, 1.807) is 7.11 Å². The second-order valence-corrected chi connectivity index (χ2v) is 8.09. The summed E-state index contributed by atoms with van der Waals surface area (Å²) in [5.74, 6) is 0.329. The molecule has 3 N–H and O–H groups in total. The van der Waals surface area contributed by atoms with E-state index in [2.05, 4.69) is 0 Å². The van der Waals surface area contributed by atoms with Gasteiger partial charge in [0.1, 0.15) is 0 Å². The molecular weight excluding hydrogens is 403 g/mol. The molecule has 1 saturated heterocycles. The molecule has 1 heterocycles. The van der Waals surface area contributed by atoms with E-state index in [4.69, 9.17) is 4.74 Å². The van der Waals surface area contributed by atoms with Crippen molar-refractivity contribution in [2.24, 2.45) is 0 Å². The molecule has 0 aromatic heterocycles. The molecule has 2 amide bonds. The molecule has 2 atom stereocenters. The molecule has 138 valence electrons. The molecule has 8 heteroatoms. The molecule has 2 aromatic rings. The molecular formula is C18H20N2O5Se. The summed E-state index contributed by atoms with van der Waals surface area (Å²) in [5, 5.41) is 11.2. The monoisotopic (exact) mass is 424 g/mol. The van der Waals surface area contributed by atoms with Crippen LogP contribution in [0.4, 0.5) is 0 Å². The van der Waals surface area contributed by atoms with Crippen LogP contribution in [0.1, 0.15) is 10.4 Å². The number of imide groups is 1. The maximum absolute atomic E-state index is 12.0. The summed E-state index contributed by atoms with van der Waals surface area (Å²) in [5.41, 5.74) is 0.940. The first-order valence-corrected chi connectivity index (χ1v) is 9.56. The van der Waals surface area contributed by atoms with Crippen LogP contribution in [0.2, 0.25) is 0 Å². The maximum atomic E-state index is 12.0. The number of carbonyl (C=O) groups is 2. The van der Waals surface area contributed by atoms with Crippen LogP contribution in [0, 0.1) is 0 Å². The Morgan fingerprint density at radius 3 is 2.42 bits per heavy atom. The summed E-state index contributed by atoms with van der Waals surface area (Å²) in [6.07, 6.45) is -0.209. The number of hydrogen-bond donors (Lipinski definition) is 1. The maximum Gasteiger partial charge on any atom is -0.412 e. The Bertz CT molecular complexity index is 741. The molecule has 1 aliphatic rings. The fraction of sp³-hybridized carbons (Fsp3) is 0.222. The minimum Gasteiger partial charge on any atom is -0.412 e. The van der Waals surface area contributed by atoms with Gasteiger partial charge >= 0.3 is 152 Å². The molecule has 26 heavy (non-hydrogen) atoms. The van der Waals surface area contributed by atoms with Crippen LogP contribution < -0.4 is 9.20 Å². The Kier molecular flexibility index (Phi) is 6.90. The predicted octanol–water partition coefficient (Wildman–Crippen LogP) is -0.0428. The van der Waals surface area contributed by atoms with Crippen molar-refractivity contribution < 1.29 is 25.0 Å². The van der Waals surface area contributed by atoms with Gasteiger partial charge < -0.3 is 5.48 Å². The third-order valence-electron chi connectivity index (χ3n) is 4.01. The van der Waals surface area contributed by atoms with Gasteiger partial charge in [-0.25, -0.2) is 0 Å². The third kappa shape index (κ3) is 4.12. The Morgan fingerprint density at radius 1 is 1.19 bits per heavy atom. The van der Waals surface area contributed by atoms with Gasteiger partial charge in [-0.05, 0) is 0 Å².